The lowest BCUT2D eigenvalue weighted by molar-refractivity contribution is -0.133. The highest BCUT2D eigenvalue weighted by Gasteiger charge is 2.26. The highest BCUT2D eigenvalue weighted by molar-refractivity contribution is 5.99. The van der Waals surface area contributed by atoms with Gasteiger partial charge in [-0.05, 0) is 24.1 Å². The monoisotopic (exact) mass is 262 g/mol. The number of aromatic hydroxyl groups is 1. The van der Waals surface area contributed by atoms with Gasteiger partial charge in [-0.2, -0.15) is 0 Å². The Kier molecular flexibility index (Phi) is 3.74. The van der Waals surface area contributed by atoms with E-state index < -0.39 is 0 Å². The lowest BCUT2D eigenvalue weighted by Crippen LogP contribution is -2.50. The molecule has 1 aromatic carbocycles. The minimum Gasteiger partial charge on any atom is -0.507 e. The Labute approximate surface area is 112 Å². The molecule has 102 valence electrons. The van der Waals surface area contributed by atoms with Gasteiger partial charge in [0.25, 0.3) is 5.91 Å². The molecular formula is C14H18N2O3. The largest absolute Gasteiger partial charge is 0.507 e. The van der Waals surface area contributed by atoms with Crippen molar-refractivity contribution < 1.29 is 14.7 Å². The highest BCUT2D eigenvalue weighted by Crippen LogP contribution is 2.21. The van der Waals surface area contributed by atoms with Gasteiger partial charge in [-0.1, -0.05) is 13.0 Å². The fraction of sp³-hybridized carbons (Fsp3) is 0.429. The van der Waals surface area contributed by atoms with Crippen molar-refractivity contribution in [3.63, 3.8) is 0 Å². The van der Waals surface area contributed by atoms with Crippen LogP contribution in [0.15, 0.2) is 18.2 Å². The van der Waals surface area contributed by atoms with Crippen LogP contribution < -0.4 is 0 Å². The maximum atomic E-state index is 12.3. The Morgan fingerprint density at radius 1 is 1.37 bits per heavy atom. The van der Waals surface area contributed by atoms with Crippen LogP contribution in [-0.2, 0) is 11.2 Å². The van der Waals surface area contributed by atoms with E-state index >= 15 is 0 Å². The second kappa shape index (κ2) is 5.30. The number of piperazine rings is 1. The molecule has 1 fully saturated rings. The normalized spacial score (nSPS) is 15.8. The molecule has 5 nitrogen and oxygen atoms in total. The van der Waals surface area contributed by atoms with E-state index in [0.29, 0.717) is 13.1 Å². The predicted octanol–water partition coefficient (Wildman–Crippen LogP) is 0.869. The van der Waals surface area contributed by atoms with Crippen molar-refractivity contribution in [2.45, 2.75) is 13.3 Å². The van der Waals surface area contributed by atoms with E-state index in [2.05, 4.69) is 0 Å². The number of likely N-dealkylation sites (N-methyl/N-ethyl adjacent to an activating group) is 1. The van der Waals surface area contributed by atoms with Crippen molar-refractivity contribution in [1.82, 2.24) is 9.80 Å². The molecule has 2 rings (SSSR count). The molecule has 1 N–H and O–H groups in total. The van der Waals surface area contributed by atoms with E-state index in [9.17, 15) is 14.7 Å². The number of hydrogen-bond donors (Lipinski definition) is 1. The molecule has 19 heavy (non-hydrogen) atoms. The molecule has 0 saturated carbocycles. The molecule has 0 radical (unpaired) electrons. The number of carbonyl (C=O) groups is 2. The zero-order valence-corrected chi connectivity index (χ0v) is 11.2. The van der Waals surface area contributed by atoms with E-state index in [1.165, 1.54) is 4.90 Å². The zero-order chi connectivity index (χ0) is 14.0. The minimum absolute atomic E-state index is 0.0178. The van der Waals surface area contributed by atoms with Crippen LogP contribution in [0.2, 0.25) is 0 Å². The third kappa shape index (κ3) is 2.70. The number of rotatable bonds is 2. The zero-order valence-electron chi connectivity index (χ0n) is 11.2. The number of benzene rings is 1. The molecule has 0 aliphatic carbocycles. The second-order valence-electron chi connectivity index (χ2n) is 4.75. The molecule has 1 aromatic rings. The Morgan fingerprint density at radius 2 is 2.11 bits per heavy atom. The van der Waals surface area contributed by atoms with Crippen LogP contribution in [0.1, 0.15) is 22.8 Å². The van der Waals surface area contributed by atoms with Crippen molar-refractivity contribution in [2.24, 2.45) is 0 Å². The quantitative estimate of drug-likeness (QED) is 0.860. The summed E-state index contributed by atoms with van der Waals surface area (Å²) in [7, 11) is 1.72. The van der Waals surface area contributed by atoms with Crippen molar-refractivity contribution in [2.75, 3.05) is 26.7 Å². The standard InChI is InChI=1S/C14H18N2O3/c1-3-10-4-5-11(12(17)8-10)14(19)16-7-6-15(2)13(18)9-16/h4-5,8,17H,3,6-7,9H2,1-2H3. The summed E-state index contributed by atoms with van der Waals surface area (Å²) in [5, 5.41) is 9.90. The molecule has 0 atom stereocenters. The topological polar surface area (TPSA) is 60.9 Å². The molecule has 1 heterocycles. The summed E-state index contributed by atoms with van der Waals surface area (Å²) in [5.41, 5.74) is 1.23. The van der Waals surface area contributed by atoms with Crippen molar-refractivity contribution in [3.8, 4) is 5.75 Å². The van der Waals surface area contributed by atoms with Crippen LogP contribution in [0.25, 0.3) is 0 Å². The maximum absolute atomic E-state index is 12.3. The minimum atomic E-state index is -0.290. The van der Waals surface area contributed by atoms with Gasteiger partial charge in [0.15, 0.2) is 0 Å². The Morgan fingerprint density at radius 3 is 2.68 bits per heavy atom. The molecule has 0 aromatic heterocycles. The number of nitrogens with zero attached hydrogens (tertiary/aromatic N) is 2. The number of aryl methyl sites for hydroxylation is 1. The first kappa shape index (κ1) is 13.4. The summed E-state index contributed by atoms with van der Waals surface area (Å²) in [6.45, 7) is 3.08. The fourth-order valence-electron chi connectivity index (χ4n) is 2.08. The van der Waals surface area contributed by atoms with Gasteiger partial charge in [-0.3, -0.25) is 9.59 Å². The molecule has 0 spiro atoms. The van der Waals surface area contributed by atoms with E-state index in [4.69, 9.17) is 0 Å². The second-order valence-corrected chi connectivity index (χ2v) is 4.75. The van der Waals surface area contributed by atoms with Crippen LogP contribution >= 0.6 is 0 Å². The number of carbonyl (C=O) groups excluding carboxylic acids is 2. The Hall–Kier alpha value is -2.04. The van der Waals surface area contributed by atoms with Gasteiger partial charge in [0.2, 0.25) is 5.91 Å². The van der Waals surface area contributed by atoms with Crippen LogP contribution in [0.5, 0.6) is 5.75 Å². The number of phenolic OH excluding ortho intramolecular Hbond substituents is 1. The van der Waals surface area contributed by atoms with Crippen molar-refractivity contribution in [1.29, 1.82) is 0 Å². The molecule has 2 amide bonds. The molecule has 5 heteroatoms. The van der Waals surface area contributed by atoms with E-state index in [1.807, 2.05) is 13.0 Å². The van der Waals surface area contributed by atoms with E-state index in [1.54, 1.807) is 24.1 Å². The van der Waals surface area contributed by atoms with Crippen molar-refractivity contribution in [3.05, 3.63) is 29.3 Å². The number of hydrogen-bond acceptors (Lipinski definition) is 3. The highest BCUT2D eigenvalue weighted by atomic mass is 16.3. The molecule has 0 bridgehead atoms. The molecule has 0 unspecified atom stereocenters. The van der Waals surface area contributed by atoms with Gasteiger partial charge in [-0.25, -0.2) is 0 Å². The van der Waals surface area contributed by atoms with Gasteiger partial charge in [0, 0.05) is 20.1 Å². The third-order valence-corrected chi connectivity index (χ3v) is 3.45. The maximum Gasteiger partial charge on any atom is 0.258 e. The van der Waals surface area contributed by atoms with E-state index in [-0.39, 0.29) is 29.7 Å². The van der Waals surface area contributed by atoms with Crippen LogP contribution in [-0.4, -0.2) is 53.4 Å². The van der Waals surface area contributed by atoms with Crippen LogP contribution in [0, 0.1) is 0 Å². The summed E-state index contributed by atoms with van der Waals surface area (Å²) < 4.78 is 0. The SMILES string of the molecule is CCc1ccc(C(=O)N2CCN(C)C(=O)C2)c(O)c1. The summed E-state index contributed by atoms with van der Waals surface area (Å²) in [6.07, 6.45) is 0.801. The summed E-state index contributed by atoms with van der Waals surface area (Å²) in [5.74, 6) is -0.387. The van der Waals surface area contributed by atoms with Crippen molar-refractivity contribution >= 4 is 11.8 Å². The average molecular weight is 262 g/mol. The van der Waals surface area contributed by atoms with Gasteiger partial charge < -0.3 is 14.9 Å². The first-order chi connectivity index (χ1) is 9.02. The molecular weight excluding hydrogens is 244 g/mol. The smallest absolute Gasteiger partial charge is 0.258 e. The van der Waals surface area contributed by atoms with E-state index in [0.717, 1.165) is 12.0 Å². The Bertz CT molecular complexity index is 513. The van der Waals surface area contributed by atoms with Gasteiger partial charge >= 0.3 is 0 Å². The molecule has 1 aliphatic rings. The Balaban J connectivity index is 2.18. The van der Waals surface area contributed by atoms with Gasteiger partial charge in [0.05, 0.1) is 5.56 Å². The first-order valence-electron chi connectivity index (χ1n) is 6.38. The van der Waals surface area contributed by atoms with Gasteiger partial charge in [-0.15, -0.1) is 0 Å². The third-order valence-electron chi connectivity index (χ3n) is 3.45. The lowest BCUT2D eigenvalue weighted by Gasteiger charge is -2.32. The van der Waals surface area contributed by atoms with Gasteiger partial charge in [0.1, 0.15) is 12.3 Å². The first-order valence-corrected chi connectivity index (χ1v) is 6.38. The molecule has 1 aliphatic heterocycles. The summed E-state index contributed by atoms with van der Waals surface area (Å²) in [4.78, 5) is 26.9. The summed E-state index contributed by atoms with van der Waals surface area (Å²) >= 11 is 0. The average Bonchev–Trinajstić information content (AvgIpc) is 2.41. The predicted molar refractivity (Wildman–Crippen MR) is 71.0 cm³/mol. The summed E-state index contributed by atoms with van der Waals surface area (Å²) in [6, 6.07) is 5.05. The van der Waals surface area contributed by atoms with Crippen LogP contribution in [0.3, 0.4) is 0 Å². The van der Waals surface area contributed by atoms with Crippen LogP contribution in [0.4, 0.5) is 0 Å². The number of amides is 2. The fourth-order valence-corrected chi connectivity index (χ4v) is 2.08. The lowest BCUT2D eigenvalue weighted by atomic mass is 10.1. The number of phenols is 1. The molecule has 1 saturated heterocycles.